The molecular formula is C13H18FNO3. The number of hydrogen-bond acceptors (Lipinski definition) is 3. The van der Waals surface area contributed by atoms with Gasteiger partial charge in [0.2, 0.25) is 5.91 Å². The normalized spacial score (nSPS) is 12.0. The number of carbonyl (C=O) groups is 1. The minimum absolute atomic E-state index is 0.177. The van der Waals surface area contributed by atoms with Gasteiger partial charge in [-0.1, -0.05) is 6.92 Å². The summed E-state index contributed by atoms with van der Waals surface area (Å²) in [6, 6.07) is 4.13. The highest BCUT2D eigenvalue weighted by molar-refractivity contribution is 5.78. The fourth-order valence-corrected chi connectivity index (χ4v) is 1.61. The lowest BCUT2D eigenvalue weighted by Crippen LogP contribution is -2.32. The van der Waals surface area contributed by atoms with Gasteiger partial charge in [0.15, 0.2) is 0 Å². The zero-order valence-electron chi connectivity index (χ0n) is 10.6. The third-order valence-electron chi connectivity index (χ3n) is 2.78. The zero-order chi connectivity index (χ0) is 13.5. The first-order valence-electron chi connectivity index (χ1n) is 5.83. The van der Waals surface area contributed by atoms with Gasteiger partial charge in [0.1, 0.15) is 11.6 Å². The van der Waals surface area contributed by atoms with Crippen LogP contribution >= 0.6 is 0 Å². The number of carbonyl (C=O) groups excluding carboxylic acids is 1. The van der Waals surface area contributed by atoms with Crippen molar-refractivity contribution in [2.24, 2.45) is 5.92 Å². The SMILES string of the molecule is CCC(CO)C(=O)NCc1cc(F)ccc1OC. The van der Waals surface area contributed by atoms with Crippen molar-refractivity contribution >= 4 is 5.91 Å². The fraction of sp³-hybridized carbons (Fsp3) is 0.462. The molecule has 0 aromatic heterocycles. The average Bonchev–Trinajstić information content (AvgIpc) is 2.38. The molecule has 0 fully saturated rings. The highest BCUT2D eigenvalue weighted by Gasteiger charge is 2.15. The molecule has 0 aliphatic rings. The number of ether oxygens (including phenoxy) is 1. The molecule has 1 unspecified atom stereocenters. The molecular weight excluding hydrogens is 237 g/mol. The molecule has 0 bridgehead atoms. The van der Waals surface area contributed by atoms with Crippen molar-refractivity contribution in [3.8, 4) is 5.75 Å². The third-order valence-corrected chi connectivity index (χ3v) is 2.78. The molecule has 0 aliphatic heterocycles. The van der Waals surface area contributed by atoms with Crippen LogP contribution in [0.4, 0.5) is 4.39 Å². The first-order chi connectivity index (χ1) is 8.62. The predicted octanol–water partition coefficient (Wildman–Crippen LogP) is 1.47. The number of rotatable bonds is 6. The van der Waals surface area contributed by atoms with E-state index in [4.69, 9.17) is 9.84 Å². The Morgan fingerprint density at radius 2 is 2.28 bits per heavy atom. The van der Waals surface area contributed by atoms with Gasteiger partial charge in [-0.15, -0.1) is 0 Å². The lowest BCUT2D eigenvalue weighted by atomic mass is 10.1. The van der Waals surface area contributed by atoms with E-state index in [1.54, 1.807) is 0 Å². The van der Waals surface area contributed by atoms with Crippen molar-refractivity contribution in [1.82, 2.24) is 5.32 Å². The molecule has 0 saturated carbocycles. The van der Waals surface area contributed by atoms with Crippen LogP contribution in [0.2, 0.25) is 0 Å². The van der Waals surface area contributed by atoms with Gasteiger partial charge in [-0.3, -0.25) is 4.79 Å². The van der Waals surface area contributed by atoms with E-state index in [0.717, 1.165) is 0 Å². The van der Waals surface area contributed by atoms with E-state index in [0.29, 0.717) is 17.7 Å². The molecule has 100 valence electrons. The first kappa shape index (κ1) is 14.4. The summed E-state index contributed by atoms with van der Waals surface area (Å²) in [5, 5.41) is 11.7. The second-order valence-corrected chi connectivity index (χ2v) is 3.96. The van der Waals surface area contributed by atoms with Crippen LogP contribution < -0.4 is 10.1 Å². The highest BCUT2D eigenvalue weighted by atomic mass is 19.1. The topological polar surface area (TPSA) is 58.6 Å². The van der Waals surface area contributed by atoms with Crippen LogP contribution in [0.25, 0.3) is 0 Å². The van der Waals surface area contributed by atoms with E-state index in [1.165, 1.54) is 25.3 Å². The van der Waals surface area contributed by atoms with Gasteiger partial charge in [-0.05, 0) is 24.6 Å². The van der Waals surface area contributed by atoms with Gasteiger partial charge in [-0.25, -0.2) is 4.39 Å². The fourth-order valence-electron chi connectivity index (χ4n) is 1.61. The van der Waals surface area contributed by atoms with Crippen molar-refractivity contribution in [2.45, 2.75) is 19.9 Å². The maximum atomic E-state index is 13.1. The molecule has 0 spiro atoms. The molecule has 0 aliphatic carbocycles. The Morgan fingerprint density at radius 1 is 1.56 bits per heavy atom. The lowest BCUT2D eigenvalue weighted by Gasteiger charge is -2.13. The zero-order valence-corrected chi connectivity index (χ0v) is 10.6. The van der Waals surface area contributed by atoms with E-state index in [-0.39, 0.29) is 24.9 Å². The average molecular weight is 255 g/mol. The van der Waals surface area contributed by atoms with Crippen LogP contribution in [0.1, 0.15) is 18.9 Å². The Balaban J connectivity index is 2.68. The number of nitrogens with one attached hydrogen (secondary N) is 1. The molecule has 1 atom stereocenters. The van der Waals surface area contributed by atoms with Crippen molar-refractivity contribution in [3.63, 3.8) is 0 Å². The van der Waals surface area contributed by atoms with Gasteiger partial charge < -0.3 is 15.2 Å². The summed E-state index contributed by atoms with van der Waals surface area (Å²) in [5.41, 5.74) is 0.568. The maximum absolute atomic E-state index is 13.1. The number of halogens is 1. The maximum Gasteiger partial charge on any atom is 0.225 e. The number of aliphatic hydroxyl groups is 1. The van der Waals surface area contributed by atoms with E-state index in [2.05, 4.69) is 5.32 Å². The minimum atomic E-state index is -0.426. The summed E-state index contributed by atoms with van der Waals surface area (Å²) in [5.74, 6) is -0.529. The number of methoxy groups -OCH3 is 1. The Hall–Kier alpha value is -1.62. The van der Waals surface area contributed by atoms with E-state index < -0.39 is 5.92 Å². The van der Waals surface area contributed by atoms with E-state index in [1.807, 2.05) is 6.92 Å². The van der Waals surface area contributed by atoms with Gasteiger partial charge in [0.25, 0.3) is 0 Å². The van der Waals surface area contributed by atoms with Crippen molar-refractivity contribution in [3.05, 3.63) is 29.6 Å². The molecule has 2 N–H and O–H groups in total. The Kier molecular flexibility index (Phi) is 5.58. The van der Waals surface area contributed by atoms with Gasteiger partial charge >= 0.3 is 0 Å². The lowest BCUT2D eigenvalue weighted by molar-refractivity contribution is -0.126. The Labute approximate surface area is 106 Å². The summed E-state index contributed by atoms with van der Waals surface area (Å²) in [6.07, 6.45) is 0.558. The predicted molar refractivity (Wildman–Crippen MR) is 65.7 cm³/mol. The molecule has 0 saturated heterocycles. The Bertz CT molecular complexity index is 405. The van der Waals surface area contributed by atoms with Crippen LogP contribution in [-0.4, -0.2) is 24.7 Å². The number of hydrogen-bond donors (Lipinski definition) is 2. The summed E-state index contributed by atoms with van der Waals surface area (Å²) in [6.45, 7) is 1.81. The third kappa shape index (κ3) is 3.70. The van der Waals surface area contributed by atoms with Crippen molar-refractivity contribution in [2.75, 3.05) is 13.7 Å². The molecule has 1 aromatic rings. The molecule has 5 heteroatoms. The van der Waals surface area contributed by atoms with Gasteiger partial charge in [0.05, 0.1) is 19.6 Å². The largest absolute Gasteiger partial charge is 0.496 e. The van der Waals surface area contributed by atoms with Crippen LogP contribution in [0, 0.1) is 11.7 Å². The highest BCUT2D eigenvalue weighted by Crippen LogP contribution is 2.19. The monoisotopic (exact) mass is 255 g/mol. The van der Waals surface area contributed by atoms with Gasteiger partial charge in [0, 0.05) is 12.1 Å². The van der Waals surface area contributed by atoms with Crippen LogP contribution in [0.3, 0.4) is 0 Å². The number of benzene rings is 1. The summed E-state index contributed by atoms with van der Waals surface area (Å²) in [4.78, 5) is 11.7. The van der Waals surface area contributed by atoms with Crippen molar-refractivity contribution < 1.29 is 19.0 Å². The standard InChI is InChI=1S/C13H18FNO3/c1-3-9(8-16)13(17)15-7-10-6-11(14)4-5-12(10)18-2/h4-6,9,16H,3,7-8H2,1-2H3,(H,15,17). The molecule has 0 radical (unpaired) electrons. The van der Waals surface area contributed by atoms with Gasteiger partial charge in [-0.2, -0.15) is 0 Å². The quantitative estimate of drug-likeness (QED) is 0.809. The molecule has 0 heterocycles. The van der Waals surface area contributed by atoms with E-state index >= 15 is 0 Å². The molecule has 1 aromatic carbocycles. The summed E-state index contributed by atoms with van der Waals surface area (Å²) >= 11 is 0. The smallest absolute Gasteiger partial charge is 0.225 e. The van der Waals surface area contributed by atoms with Crippen LogP contribution in [0.15, 0.2) is 18.2 Å². The van der Waals surface area contributed by atoms with Crippen molar-refractivity contribution in [1.29, 1.82) is 0 Å². The first-order valence-corrected chi connectivity index (χ1v) is 5.83. The molecule has 1 amide bonds. The Morgan fingerprint density at radius 3 is 2.83 bits per heavy atom. The number of aliphatic hydroxyl groups excluding tert-OH is 1. The minimum Gasteiger partial charge on any atom is -0.496 e. The molecule has 4 nitrogen and oxygen atoms in total. The number of amides is 1. The van der Waals surface area contributed by atoms with Crippen LogP contribution in [0.5, 0.6) is 5.75 Å². The molecule has 1 rings (SSSR count). The van der Waals surface area contributed by atoms with E-state index in [9.17, 15) is 9.18 Å². The molecule has 18 heavy (non-hydrogen) atoms. The second kappa shape index (κ2) is 6.96. The summed E-state index contributed by atoms with van der Waals surface area (Å²) in [7, 11) is 1.49. The van der Waals surface area contributed by atoms with Crippen LogP contribution in [-0.2, 0) is 11.3 Å². The summed E-state index contributed by atoms with van der Waals surface area (Å²) < 4.78 is 18.2. The second-order valence-electron chi connectivity index (χ2n) is 3.96.